The van der Waals surface area contributed by atoms with Crippen molar-refractivity contribution in [2.24, 2.45) is 5.41 Å². The Bertz CT molecular complexity index is 616. The Morgan fingerprint density at radius 2 is 1.90 bits per heavy atom. The first-order valence-corrected chi connectivity index (χ1v) is 10.00. The first kappa shape index (κ1) is 23.6. The van der Waals surface area contributed by atoms with E-state index in [9.17, 15) is 13.2 Å². The molecule has 1 spiro atoms. The lowest BCUT2D eigenvalue weighted by atomic mass is 9.76. The minimum absolute atomic E-state index is 0.329. The quantitative estimate of drug-likeness (QED) is 0.764. The number of ether oxygens (including phenoxy) is 2. The number of hydrogen-bond acceptors (Lipinski definition) is 4. The van der Waals surface area contributed by atoms with Crippen molar-refractivity contribution >= 4 is 5.97 Å². The minimum atomic E-state index is -5.08. The number of carboxylic acid groups (broad SMARTS) is 1. The fraction of sp³-hybridized carbons (Fsp3) is 0.667. The molecular formula is C21H30F3NO4. The summed E-state index contributed by atoms with van der Waals surface area (Å²) in [7, 11) is 0. The van der Waals surface area contributed by atoms with Crippen LogP contribution in [0.1, 0.15) is 31.7 Å². The van der Waals surface area contributed by atoms with Crippen LogP contribution in [-0.4, -0.2) is 67.7 Å². The first-order chi connectivity index (χ1) is 13.7. The van der Waals surface area contributed by atoms with Crippen LogP contribution in [0.3, 0.4) is 0 Å². The summed E-state index contributed by atoms with van der Waals surface area (Å²) in [6.07, 6.45) is 0.168. The average Bonchev–Trinajstić information content (AvgIpc) is 3.09. The Balaban J connectivity index is 0.000000370. The number of rotatable bonds is 6. The van der Waals surface area contributed by atoms with Gasteiger partial charge in [-0.3, -0.25) is 0 Å². The number of piperidine rings is 1. The van der Waals surface area contributed by atoms with Crippen LogP contribution in [0.4, 0.5) is 13.2 Å². The zero-order chi connectivity index (χ0) is 21.3. The average molecular weight is 417 g/mol. The summed E-state index contributed by atoms with van der Waals surface area (Å²) in [5, 5.41) is 7.12. The Kier molecular flexibility index (Phi) is 8.92. The van der Waals surface area contributed by atoms with Gasteiger partial charge in [0.05, 0.1) is 19.3 Å². The van der Waals surface area contributed by atoms with Crippen LogP contribution in [-0.2, 0) is 20.7 Å². The normalized spacial score (nSPS) is 21.6. The Morgan fingerprint density at radius 3 is 2.45 bits per heavy atom. The second kappa shape index (κ2) is 10.9. The third-order valence-electron chi connectivity index (χ3n) is 5.51. The topological polar surface area (TPSA) is 59.0 Å². The smallest absolute Gasteiger partial charge is 0.475 e. The molecule has 0 radical (unpaired) electrons. The van der Waals surface area contributed by atoms with E-state index in [0.717, 1.165) is 26.2 Å². The summed E-state index contributed by atoms with van der Waals surface area (Å²) in [5.74, 6) is -2.76. The fourth-order valence-electron chi connectivity index (χ4n) is 3.78. The van der Waals surface area contributed by atoms with E-state index in [2.05, 4.69) is 42.2 Å². The van der Waals surface area contributed by atoms with E-state index >= 15 is 0 Å². The van der Waals surface area contributed by atoms with Crippen LogP contribution < -0.4 is 0 Å². The van der Waals surface area contributed by atoms with Crippen molar-refractivity contribution in [2.45, 2.75) is 44.9 Å². The highest BCUT2D eigenvalue weighted by Crippen LogP contribution is 2.41. The van der Waals surface area contributed by atoms with Gasteiger partial charge in [0.2, 0.25) is 0 Å². The molecule has 0 aromatic heterocycles. The number of nitrogens with zero attached hydrogens (tertiary/aromatic N) is 1. The van der Waals surface area contributed by atoms with Gasteiger partial charge < -0.3 is 19.5 Å². The molecule has 2 fully saturated rings. The number of carbonyl (C=O) groups is 1. The molecule has 1 aromatic rings. The summed E-state index contributed by atoms with van der Waals surface area (Å²) in [5.41, 5.74) is 1.88. The standard InChI is InChI=1S/C19H29NO2.C2HF3O2/c1-2-21-15-18-14-19(16-22-18)9-12-20(13-10-19)11-8-17-6-4-3-5-7-17;3-2(4,5)1(6)7/h3-7,18H,2,8-16H2,1H3;(H,6,7). The van der Waals surface area contributed by atoms with Gasteiger partial charge in [0.1, 0.15) is 0 Å². The molecule has 1 unspecified atom stereocenters. The van der Waals surface area contributed by atoms with Crippen molar-refractivity contribution in [3.63, 3.8) is 0 Å². The van der Waals surface area contributed by atoms with Gasteiger partial charge in [-0.2, -0.15) is 13.2 Å². The third kappa shape index (κ3) is 7.95. The summed E-state index contributed by atoms with van der Waals surface area (Å²) >= 11 is 0. The second-order valence-corrected chi connectivity index (χ2v) is 7.68. The maximum absolute atomic E-state index is 10.6. The van der Waals surface area contributed by atoms with Crippen LogP contribution in [0.5, 0.6) is 0 Å². The molecule has 2 aliphatic rings. The molecule has 1 atom stereocenters. The van der Waals surface area contributed by atoms with Gasteiger partial charge in [-0.25, -0.2) is 4.79 Å². The summed E-state index contributed by atoms with van der Waals surface area (Å²) in [4.78, 5) is 11.5. The van der Waals surface area contributed by atoms with Crippen molar-refractivity contribution in [2.75, 3.05) is 39.5 Å². The van der Waals surface area contributed by atoms with Crippen LogP contribution in [0, 0.1) is 5.41 Å². The van der Waals surface area contributed by atoms with E-state index in [1.54, 1.807) is 0 Å². The van der Waals surface area contributed by atoms with Crippen molar-refractivity contribution in [1.29, 1.82) is 0 Å². The lowest BCUT2D eigenvalue weighted by molar-refractivity contribution is -0.192. The van der Waals surface area contributed by atoms with Crippen LogP contribution >= 0.6 is 0 Å². The molecule has 1 N–H and O–H groups in total. The number of carboxylic acids is 1. The van der Waals surface area contributed by atoms with E-state index in [0.29, 0.717) is 11.5 Å². The molecule has 0 amide bonds. The van der Waals surface area contributed by atoms with Crippen molar-refractivity contribution in [1.82, 2.24) is 4.90 Å². The van der Waals surface area contributed by atoms with E-state index in [1.807, 2.05) is 0 Å². The zero-order valence-electron chi connectivity index (χ0n) is 16.8. The Labute approximate surface area is 169 Å². The SMILES string of the molecule is CCOCC1CC2(CCN(CCc3ccccc3)CC2)CO1.O=C(O)C(F)(F)F. The van der Waals surface area contributed by atoms with E-state index in [1.165, 1.54) is 44.5 Å². The summed E-state index contributed by atoms with van der Waals surface area (Å²) < 4.78 is 43.2. The lowest BCUT2D eigenvalue weighted by Gasteiger charge is -2.38. The zero-order valence-corrected chi connectivity index (χ0v) is 16.8. The molecule has 0 saturated carbocycles. The van der Waals surface area contributed by atoms with Gasteiger partial charge in [0.25, 0.3) is 0 Å². The lowest BCUT2D eigenvalue weighted by Crippen LogP contribution is -2.41. The third-order valence-corrected chi connectivity index (χ3v) is 5.51. The molecule has 1 aromatic carbocycles. The molecule has 2 heterocycles. The number of alkyl halides is 3. The summed E-state index contributed by atoms with van der Waals surface area (Å²) in [6, 6.07) is 10.8. The van der Waals surface area contributed by atoms with E-state index < -0.39 is 12.1 Å². The predicted molar refractivity (Wildman–Crippen MR) is 103 cm³/mol. The van der Waals surface area contributed by atoms with Gasteiger partial charge in [-0.1, -0.05) is 30.3 Å². The molecule has 8 heteroatoms. The number of aliphatic carboxylic acids is 1. The van der Waals surface area contributed by atoms with Crippen molar-refractivity contribution in [3.8, 4) is 0 Å². The van der Waals surface area contributed by atoms with Gasteiger partial charge in [0.15, 0.2) is 0 Å². The van der Waals surface area contributed by atoms with Gasteiger partial charge in [0, 0.05) is 13.2 Å². The Hall–Kier alpha value is -1.64. The highest BCUT2D eigenvalue weighted by atomic mass is 19.4. The maximum atomic E-state index is 10.6. The molecule has 5 nitrogen and oxygen atoms in total. The van der Waals surface area contributed by atoms with Gasteiger partial charge in [-0.05, 0) is 56.7 Å². The highest BCUT2D eigenvalue weighted by molar-refractivity contribution is 5.73. The first-order valence-electron chi connectivity index (χ1n) is 10.00. The molecule has 0 bridgehead atoms. The van der Waals surface area contributed by atoms with Gasteiger partial charge >= 0.3 is 12.1 Å². The number of hydrogen-bond donors (Lipinski definition) is 1. The van der Waals surface area contributed by atoms with Crippen molar-refractivity contribution in [3.05, 3.63) is 35.9 Å². The molecule has 2 aliphatic heterocycles. The highest BCUT2D eigenvalue weighted by Gasteiger charge is 2.42. The molecule has 164 valence electrons. The van der Waals surface area contributed by atoms with Crippen LogP contribution in [0.15, 0.2) is 30.3 Å². The maximum Gasteiger partial charge on any atom is 0.490 e. The van der Waals surface area contributed by atoms with E-state index in [-0.39, 0.29) is 0 Å². The molecule has 0 aliphatic carbocycles. The number of likely N-dealkylation sites (tertiary alicyclic amines) is 1. The predicted octanol–water partition coefficient (Wildman–Crippen LogP) is 3.77. The van der Waals surface area contributed by atoms with Gasteiger partial charge in [-0.15, -0.1) is 0 Å². The van der Waals surface area contributed by atoms with E-state index in [4.69, 9.17) is 19.4 Å². The number of benzene rings is 1. The largest absolute Gasteiger partial charge is 0.490 e. The summed E-state index contributed by atoms with van der Waals surface area (Å²) in [6.45, 7) is 8.18. The van der Waals surface area contributed by atoms with Crippen molar-refractivity contribution < 1.29 is 32.5 Å². The number of halogens is 3. The van der Waals surface area contributed by atoms with Crippen LogP contribution in [0.2, 0.25) is 0 Å². The Morgan fingerprint density at radius 1 is 1.28 bits per heavy atom. The molecule has 29 heavy (non-hydrogen) atoms. The molecule has 2 saturated heterocycles. The fourth-order valence-corrected chi connectivity index (χ4v) is 3.78. The minimum Gasteiger partial charge on any atom is -0.475 e. The van der Waals surface area contributed by atoms with Crippen LogP contribution in [0.25, 0.3) is 0 Å². The monoisotopic (exact) mass is 417 g/mol. The molecule has 3 rings (SSSR count). The molecular weight excluding hydrogens is 387 g/mol. The second-order valence-electron chi connectivity index (χ2n) is 7.68.